The Kier molecular flexibility index (Phi) is 9.08. The van der Waals surface area contributed by atoms with Crippen LogP contribution in [0.2, 0.25) is 0 Å². The molecule has 0 unspecified atom stereocenters. The molecule has 2 aromatic carbocycles. The maximum absolute atomic E-state index is 12.0. The Labute approximate surface area is 203 Å². The zero-order valence-corrected chi connectivity index (χ0v) is 20.8. The Morgan fingerprint density at radius 2 is 1.45 bits per heavy atom. The Morgan fingerprint density at radius 1 is 0.848 bits per heavy atom. The zero-order valence-electron chi connectivity index (χ0n) is 20.0. The summed E-state index contributed by atoms with van der Waals surface area (Å²) in [7, 11) is 0. The summed E-state index contributed by atoms with van der Waals surface area (Å²) in [5.41, 5.74) is 5.84. The molecule has 0 radical (unpaired) electrons. The van der Waals surface area contributed by atoms with Gasteiger partial charge in [-0.3, -0.25) is 4.79 Å². The Bertz CT molecular complexity index is 908. The molecule has 0 spiro atoms. The molecular formula is C29H37NO2S. The number of hydrogen-bond donors (Lipinski definition) is 0. The van der Waals surface area contributed by atoms with Crippen LogP contribution >= 0.6 is 11.8 Å². The average Bonchev–Trinajstić information content (AvgIpc) is 3.12. The van der Waals surface area contributed by atoms with Gasteiger partial charge in [0.15, 0.2) is 0 Å². The molecule has 176 valence electrons. The lowest BCUT2D eigenvalue weighted by Crippen LogP contribution is -2.27. The largest absolute Gasteiger partial charge is 0.466 e. The maximum Gasteiger partial charge on any atom is 0.305 e. The van der Waals surface area contributed by atoms with E-state index < -0.39 is 0 Å². The quantitative estimate of drug-likeness (QED) is 0.270. The maximum atomic E-state index is 12.0. The molecule has 0 saturated heterocycles. The highest BCUT2D eigenvalue weighted by Gasteiger charge is 2.25. The number of carbonyl (C=O) groups excluding carboxylic acids is 1. The van der Waals surface area contributed by atoms with E-state index in [1.54, 1.807) is 0 Å². The van der Waals surface area contributed by atoms with Crippen LogP contribution in [0.15, 0.2) is 58.3 Å². The summed E-state index contributed by atoms with van der Waals surface area (Å²) in [4.78, 5) is 17.3. The summed E-state index contributed by atoms with van der Waals surface area (Å²) in [6.07, 6.45) is 9.44. The number of benzene rings is 2. The molecule has 0 N–H and O–H groups in total. The van der Waals surface area contributed by atoms with Crippen molar-refractivity contribution >= 4 is 28.9 Å². The Morgan fingerprint density at radius 3 is 2.09 bits per heavy atom. The van der Waals surface area contributed by atoms with Gasteiger partial charge < -0.3 is 9.64 Å². The fourth-order valence-corrected chi connectivity index (χ4v) is 6.05. The van der Waals surface area contributed by atoms with Crippen molar-refractivity contribution in [2.24, 2.45) is 0 Å². The van der Waals surface area contributed by atoms with Crippen LogP contribution in [0.5, 0.6) is 0 Å². The van der Waals surface area contributed by atoms with Crippen molar-refractivity contribution in [3.05, 3.63) is 59.7 Å². The summed E-state index contributed by atoms with van der Waals surface area (Å²) >= 11 is 1.90. The second-order valence-corrected chi connectivity index (χ2v) is 10.2. The van der Waals surface area contributed by atoms with E-state index in [1.807, 2.05) is 11.8 Å². The molecule has 0 aromatic heterocycles. The minimum atomic E-state index is -0.0264. The third-order valence-electron chi connectivity index (χ3n) is 6.73. The highest BCUT2D eigenvalue weighted by Crippen LogP contribution is 2.46. The first-order chi connectivity index (χ1) is 16.3. The average molecular weight is 464 g/mol. The second-order valence-electron chi connectivity index (χ2n) is 9.13. The van der Waals surface area contributed by atoms with Crippen molar-refractivity contribution in [1.29, 1.82) is 0 Å². The number of rotatable bonds is 10. The predicted octanol–water partition coefficient (Wildman–Crippen LogP) is 7.45. The summed E-state index contributed by atoms with van der Waals surface area (Å²) < 4.78 is 5.50. The number of carbonyl (C=O) groups is 1. The van der Waals surface area contributed by atoms with Gasteiger partial charge in [-0.25, -0.2) is 0 Å². The molecule has 0 fully saturated rings. The molecule has 2 heterocycles. The van der Waals surface area contributed by atoms with Gasteiger partial charge in [-0.2, -0.15) is 0 Å². The SMILES string of the molecule is CCCCCCCC(=O)OCCCN1CCC2=C(CC1)c1ccccc1Sc1ccccc12. The minimum Gasteiger partial charge on any atom is -0.466 e. The van der Waals surface area contributed by atoms with E-state index in [9.17, 15) is 4.79 Å². The number of hydrogen-bond acceptors (Lipinski definition) is 4. The van der Waals surface area contributed by atoms with Crippen LogP contribution in [0.4, 0.5) is 0 Å². The second kappa shape index (κ2) is 12.4. The molecule has 4 heteroatoms. The number of ether oxygens (including phenoxy) is 1. The molecule has 0 saturated carbocycles. The number of fused-ring (bicyclic) bond motifs is 4. The molecule has 33 heavy (non-hydrogen) atoms. The Balaban J connectivity index is 1.30. The van der Waals surface area contributed by atoms with Crippen molar-refractivity contribution in [1.82, 2.24) is 4.90 Å². The summed E-state index contributed by atoms with van der Waals surface area (Å²) in [5.74, 6) is -0.0264. The molecule has 0 bridgehead atoms. The van der Waals surface area contributed by atoms with Crippen molar-refractivity contribution in [3.63, 3.8) is 0 Å². The van der Waals surface area contributed by atoms with Gasteiger partial charge in [0.25, 0.3) is 0 Å². The molecule has 4 rings (SSSR count). The first-order valence-corrected chi connectivity index (χ1v) is 13.5. The van der Waals surface area contributed by atoms with Crippen LogP contribution in [-0.2, 0) is 9.53 Å². The fourth-order valence-electron chi connectivity index (χ4n) is 4.92. The van der Waals surface area contributed by atoms with Gasteiger partial charge in [0.1, 0.15) is 0 Å². The van der Waals surface area contributed by atoms with Gasteiger partial charge in [-0.15, -0.1) is 0 Å². The summed E-state index contributed by atoms with van der Waals surface area (Å²) in [6, 6.07) is 17.7. The van der Waals surface area contributed by atoms with Crippen LogP contribution in [0, 0.1) is 0 Å². The standard InChI is InChI=1S/C29H37NO2S/c1-2-3-4-5-6-16-29(31)32-22-11-19-30-20-17-23-24(18-21-30)26-13-8-10-15-28(26)33-27-14-9-7-12-25(23)27/h7-10,12-15H,2-6,11,16-22H2,1H3. The number of unbranched alkanes of at least 4 members (excludes halogenated alkanes) is 4. The zero-order chi connectivity index (χ0) is 22.9. The summed E-state index contributed by atoms with van der Waals surface area (Å²) in [5, 5.41) is 0. The van der Waals surface area contributed by atoms with Crippen molar-refractivity contribution in [2.45, 2.75) is 74.5 Å². The van der Waals surface area contributed by atoms with Gasteiger partial charge in [0.05, 0.1) is 6.61 Å². The molecule has 2 aromatic rings. The molecule has 2 aliphatic heterocycles. The van der Waals surface area contributed by atoms with Crippen LogP contribution in [0.1, 0.15) is 75.8 Å². The van der Waals surface area contributed by atoms with Crippen LogP contribution < -0.4 is 0 Å². The van der Waals surface area contributed by atoms with Crippen molar-refractivity contribution in [3.8, 4) is 0 Å². The first-order valence-electron chi connectivity index (χ1n) is 12.7. The van der Waals surface area contributed by atoms with Crippen LogP contribution in [0.25, 0.3) is 11.1 Å². The number of nitrogens with zero attached hydrogens (tertiary/aromatic N) is 1. The third-order valence-corrected chi connectivity index (χ3v) is 7.88. The number of esters is 1. The van der Waals surface area contributed by atoms with Gasteiger partial charge in [0.2, 0.25) is 0 Å². The van der Waals surface area contributed by atoms with Crippen LogP contribution in [0.3, 0.4) is 0 Å². The molecule has 2 aliphatic rings. The topological polar surface area (TPSA) is 29.5 Å². The van der Waals surface area contributed by atoms with Crippen molar-refractivity contribution < 1.29 is 9.53 Å². The van der Waals surface area contributed by atoms with E-state index in [2.05, 4.69) is 60.4 Å². The normalized spacial score (nSPS) is 15.8. The van der Waals surface area contributed by atoms with Crippen molar-refractivity contribution in [2.75, 3.05) is 26.2 Å². The summed E-state index contributed by atoms with van der Waals surface area (Å²) in [6.45, 7) is 5.86. The minimum absolute atomic E-state index is 0.0264. The fraction of sp³-hybridized carbons (Fsp3) is 0.483. The lowest BCUT2D eigenvalue weighted by atomic mass is 9.91. The van der Waals surface area contributed by atoms with E-state index >= 15 is 0 Å². The van der Waals surface area contributed by atoms with E-state index in [1.165, 1.54) is 51.3 Å². The van der Waals surface area contributed by atoms with Crippen LogP contribution in [-0.4, -0.2) is 37.1 Å². The Hall–Kier alpha value is -2.04. The van der Waals surface area contributed by atoms with Gasteiger partial charge in [0, 0.05) is 35.8 Å². The smallest absolute Gasteiger partial charge is 0.305 e. The van der Waals surface area contributed by atoms with E-state index in [0.717, 1.165) is 51.7 Å². The van der Waals surface area contributed by atoms with E-state index in [4.69, 9.17) is 4.74 Å². The van der Waals surface area contributed by atoms with Gasteiger partial charge in [-0.1, -0.05) is 80.8 Å². The monoisotopic (exact) mass is 463 g/mol. The molecule has 3 nitrogen and oxygen atoms in total. The lowest BCUT2D eigenvalue weighted by molar-refractivity contribution is -0.143. The van der Waals surface area contributed by atoms with Gasteiger partial charge >= 0.3 is 5.97 Å². The van der Waals surface area contributed by atoms with E-state index in [0.29, 0.717) is 13.0 Å². The highest BCUT2D eigenvalue weighted by atomic mass is 32.2. The third kappa shape index (κ3) is 6.51. The first kappa shape index (κ1) is 24.1. The molecule has 0 atom stereocenters. The van der Waals surface area contributed by atoms with Gasteiger partial charge in [-0.05, 0) is 60.1 Å². The molecular weight excluding hydrogens is 426 g/mol. The highest BCUT2D eigenvalue weighted by molar-refractivity contribution is 7.99. The van der Waals surface area contributed by atoms with E-state index in [-0.39, 0.29) is 5.97 Å². The molecule has 0 amide bonds. The lowest BCUT2D eigenvalue weighted by Gasteiger charge is -2.20. The molecule has 0 aliphatic carbocycles. The predicted molar refractivity (Wildman–Crippen MR) is 138 cm³/mol.